The molecule has 5 heteroatoms. The van der Waals surface area contributed by atoms with Gasteiger partial charge >= 0.3 is 0 Å². The van der Waals surface area contributed by atoms with Gasteiger partial charge in [-0.25, -0.2) is 4.90 Å². The van der Waals surface area contributed by atoms with Crippen molar-refractivity contribution in [1.29, 1.82) is 0 Å². The Balaban J connectivity index is 2.04. The van der Waals surface area contributed by atoms with E-state index in [0.29, 0.717) is 21.9 Å². The molecular formula is C22H23NO3S. The molecule has 1 aliphatic heterocycles. The number of ether oxygens (including phenoxy) is 1. The van der Waals surface area contributed by atoms with Crippen LogP contribution in [0, 0.1) is 0 Å². The van der Waals surface area contributed by atoms with E-state index in [1.807, 2.05) is 50.2 Å². The molecule has 0 saturated heterocycles. The summed E-state index contributed by atoms with van der Waals surface area (Å²) < 4.78 is 5.20. The Morgan fingerprint density at radius 1 is 0.963 bits per heavy atom. The highest BCUT2D eigenvalue weighted by Crippen LogP contribution is 2.40. The van der Waals surface area contributed by atoms with E-state index < -0.39 is 0 Å². The third kappa shape index (κ3) is 3.78. The van der Waals surface area contributed by atoms with Crippen LogP contribution in [0.1, 0.15) is 31.9 Å². The van der Waals surface area contributed by atoms with Crippen LogP contribution >= 0.6 is 11.8 Å². The van der Waals surface area contributed by atoms with E-state index in [2.05, 4.69) is 6.92 Å². The van der Waals surface area contributed by atoms with Gasteiger partial charge in [-0.15, -0.1) is 11.8 Å². The van der Waals surface area contributed by atoms with Gasteiger partial charge in [0.1, 0.15) is 5.75 Å². The van der Waals surface area contributed by atoms with Gasteiger partial charge in [0.25, 0.3) is 11.8 Å². The van der Waals surface area contributed by atoms with E-state index in [-0.39, 0.29) is 17.1 Å². The number of nitrogens with zero attached hydrogens (tertiary/aromatic N) is 1. The molecular weight excluding hydrogens is 358 g/mol. The van der Waals surface area contributed by atoms with Gasteiger partial charge in [-0.3, -0.25) is 9.59 Å². The summed E-state index contributed by atoms with van der Waals surface area (Å²) in [5.41, 5.74) is 2.96. The number of carbonyl (C=O) groups excluding carboxylic acids is 2. The standard InChI is InChI=1S/C22H23NO3S/c1-5-15-6-10-17(11-7-15)23-21(24)19(20(22(23)25)27-14(2)3)16-8-12-18(26-4)13-9-16/h6-14H,5H2,1-4H3. The first-order chi connectivity index (χ1) is 13.0. The molecule has 0 spiro atoms. The van der Waals surface area contributed by atoms with Crippen LogP contribution in [0.4, 0.5) is 5.69 Å². The fourth-order valence-electron chi connectivity index (χ4n) is 2.98. The number of carbonyl (C=O) groups is 2. The lowest BCUT2D eigenvalue weighted by molar-refractivity contribution is -0.119. The predicted molar refractivity (Wildman–Crippen MR) is 111 cm³/mol. The summed E-state index contributed by atoms with van der Waals surface area (Å²) in [4.78, 5) is 28.1. The third-order valence-corrected chi connectivity index (χ3v) is 5.46. The van der Waals surface area contributed by atoms with Crippen LogP contribution in [-0.2, 0) is 16.0 Å². The molecule has 3 rings (SSSR count). The maximum absolute atomic E-state index is 13.2. The number of hydrogen-bond donors (Lipinski definition) is 0. The van der Waals surface area contributed by atoms with Crippen molar-refractivity contribution in [2.24, 2.45) is 0 Å². The maximum atomic E-state index is 13.2. The smallest absolute Gasteiger partial charge is 0.272 e. The van der Waals surface area contributed by atoms with Crippen molar-refractivity contribution in [1.82, 2.24) is 0 Å². The van der Waals surface area contributed by atoms with E-state index in [0.717, 1.165) is 17.5 Å². The normalized spacial score (nSPS) is 14.5. The fraction of sp³-hybridized carbons (Fsp3) is 0.273. The molecule has 0 radical (unpaired) electrons. The van der Waals surface area contributed by atoms with Gasteiger partial charge in [-0.1, -0.05) is 45.0 Å². The van der Waals surface area contributed by atoms with Crippen LogP contribution in [0.5, 0.6) is 5.75 Å². The van der Waals surface area contributed by atoms with Crippen molar-refractivity contribution in [3.05, 3.63) is 64.6 Å². The first kappa shape index (κ1) is 19.2. The molecule has 0 unspecified atom stereocenters. The van der Waals surface area contributed by atoms with E-state index in [1.54, 1.807) is 19.2 Å². The van der Waals surface area contributed by atoms with Gasteiger partial charge in [0, 0.05) is 5.25 Å². The van der Waals surface area contributed by atoms with Crippen molar-refractivity contribution < 1.29 is 14.3 Å². The van der Waals surface area contributed by atoms with Crippen LogP contribution in [0.15, 0.2) is 53.4 Å². The Kier molecular flexibility index (Phi) is 5.71. The molecule has 0 bridgehead atoms. The second kappa shape index (κ2) is 8.01. The Labute approximate surface area is 164 Å². The minimum absolute atomic E-state index is 0.187. The Morgan fingerprint density at radius 3 is 2.11 bits per heavy atom. The van der Waals surface area contributed by atoms with Gasteiger partial charge in [0.05, 0.1) is 23.3 Å². The molecule has 4 nitrogen and oxygen atoms in total. The molecule has 1 heterocycles. The molecule has 0 saturated carbocycles. The summed E-state index contributed by atoms with van der Waals surface area (Å²) in [6.07, 6.45) is 0.909. The summed E-state index contributed by atoms with van der Waals surface area (Å²) in [5.74, 6) is 0.174. The summed E-state index contributed by atoms with van der Waals surface area (Å²) in [6.45, 7) is 6.10. The zero-order valence-corrected chi connectivity index (χ0v) is 16.8. The van der Waals surface area contributed by atoms with Crippen LogP contribution < -0.4 is 9.64 Å². The number of rotatable bonds is 6. The Bertz CT molecular complexity index is 883. The highest BCUT2D eigenvalue weighted by atomic mass is 32.2. The number of methoxy groups -OCH3 is 1. The molecule has 27 heavy (non-hydrogen) atoms. The molecule has 0 aliphatic carbocycles. The molecule has 1 aliphatic rings. The Morgan fingerprint density at radius 2 is 1.59 bits per heavy atom. The van der Waals surface area contributed by atoms with Crippen molar-refractivity contribution in [2.45, 2.75) is 32.4 Å². The topological polar surface area (TPSA) is 46.6 Å². The number of anilines is 1. The van der Waals surface area contributed by atoms with Crippen LogP contribution in [0.3, 0.4) is 0 Å². The minimum atomic E-state index is -0.280. The first-order valence-electron chi connectivity index (χ1n) is 8.99. The highest BCUT2D eigenvalue weighted by molar-refractivity contribution is 8.04. The van der Waals surface area contributed by atoms with Gasteiger partial charge in [0.2, 0.25) is 0 Å². The van der Waals surface area contributed by atoms with E-state index in [4.69, 9.17) is 4.74 Å². The Hall–Kier alpha value is -2.53. The summed E-state index contributed by atoms with van der Waals surface area (Å²) in [7, 11) is 1.60. The van der Waals surface area contributed by atoms with Crippen LogP contribution in [0.25, 0.3) is 5.57 Å². The summed E-state index contributed by atoms with van der Waals surface area (Å²) in [6, 6.07) is 14.8. The molecule has 140 valence electrons. The lowest BCUT2D eigenvalue weighted by Crippen LogP contribution is -2.31. The van der Waals surface area contributed by atoms with Crippen molar-refractivity contribution in [2.75, 3.05) is 12.0 Å². The van der Waals surface area contributed by atoms with Crippen LogP contribution in [-0.4, -0.2) is 24.2 Å². The number of benzene rings is 2. The molecule has 0 aromatic heterocycles. The summed E-state index contributed by atoms with van der Waals surface area (Å²) in [5, 5.41) is 0.187. The summed E-state index contributed by atoms with van der Waals surface area (Å²) >= 11 is 1.43. The lowest BCUT2D eigenvalue weighted by atomic mass is 10.1. The average molecular weight is 381 g/mol. The van der Waals surface area contributed by atoms with Gasteiger partial charge in [0.15, 0.2) is 0 Å². The van der Waals surface area contributed by atoms with E-state index in [1.165, 1.54) is 16.7 Å². The number of aryl methyl sites for hydroxylation is 1. The molecule has 2 aromatic carbocycles. The van der Waals surface area contributed by atoms with Gasteiger partial charge in [-0.05, 0) is 41.8 Å². The average Bonchev–Trinajstić information content (AvgIpc) is 2.91. The SMILES string of the molecule is CCc1ccc(N2C(=O)C(SC(C)C)=C(c3ccc(OC)cc3)C2=O)cc1. The first-order valence-corrected chi connectivity index (χ1v) is 9.87. The van der Waals surface area contributed by atoms with Gasteiger partial charge in [-0.2, -0.15) is 0 Å². The lowest BCUT2D eigenvalue weighted by Gasteiger charge is -2.16. The van der Waals surface area contributed by atoms with Crippen molar-refractivity contribution >= 4 is 34.8 Å². The quantitative estimate of drug-likeness (QED) is 0.682. The van der Waals surface area contributed by atoms with Crippen molar-refractivity contribution in [3.8, 4) is 5.75 Å². The van der Waals surface area contributed by atoms with E-state index >= 15 is 0 Å². The second-order valence-electron chi connectivity index (χ2n) is 6.56. The number of amides is 2. The molecule has 2 aromatic rings. The largest absolute Gasteiger partial charge is 0.497 e. The zero-order chi connectivity index (χ0) is 19.6. The second-order valence-corrected chi connectivity index (χ2v) is 8.15. The fourth-order valence-corrected chi connectivity index (χ4v) is 3.97. The van der Waals surface area contributed by atoms with Crippen LogP contribution in [0.2, 0.25) is 0 Å². The van der Waals surface area contributed by atoms with Gasteiger partial charge < -0.3 is 4.74 Å². The number of thioether (sulfide) groups is 1. The number of hydrogen-bond acceptors (Lipinski definition) is 4. The third-order valence-electron chi connectivity index (χ3n) is 4.38. The molecule has 0 fully saturated rings. The number of imide groups is 1. The minimum Gasteiger partial charge on any atom is -0.497 e. The highest BCUT2D eigenvalue weighted by Gasteiger charge is 2.40. The molecule has 0 atom stereocenters. The van der Waals surface area contributed by atoms with E-state index in [9.17, 15) is 9.59 Å². The maximum Gasteiger partial charge on any atom is 0.272 e. The molecule has 2 amide bonds. The van der Waals surface area contributed by atoms with Crippen molar-refractivity contribution in [3.63, 3.8) is 0 Å². The molecule has 0 N–H and O–H groups in total. The predicted octanol–water partition coefficient (Wildman–Crippen LogP) is 4.68. The zero-order valence-electron chi connectivity index (χ0n) is 16.0. The monoisotopic (exact) mass is 381 g/mol.